The molecule has 0 unspecified atom stereocenters. The monoisotopic (exact) mass is 526 g/mol. The molecule has 1 saturated carbocycles. The molecule has 0 N–H and O–H groups in total. The minimum Gasteiger partial charge on any atom is -0.403 e. The number of hydrogen-bond donors (Lipinski definition) is 0. The van der Waals surface area contributed by atoms with Gasteiger partial charge in [-0.05, 0) is 42.0 Å². The van der Waals surface area contributed by atoms with Crippen LogP contribution in [0.3, 0.4) is 0 Å². The van der Waals surface area contributed by atoms with Crippen molar-refractivity contribution in [3.8, 4) is 16.9 Å². The van der Waals surface area contributed by atoms with Gasteiger partial charge in [-0.25, -0.2) is 8.78 Å². The maximum absolute atomic E-state index is 14.8. The summed E-state index contributed by atoms with van der Waals surface area (Å²) in [7, 11) is 0. The number of halogens is 5. The highest BCUT2D eigenvalue weighted by Crippen LogP contribution is 2.37. The van der Waals surface area contributed by atoms with Crippen molar-refractivity contribution < 1.29 is 36.2 Å². The predicted octanol–water partition coefficient (Wildman–Crippen LogP) is 8.97. The van der Waals surface area contributed by atoms with Gasteiger partial charge in [-0.1, -0.05) is 76.5 Å². The molecule has 0 spiro atoms. The molecule has 4 rings (SSSR count). The van der Waals surface area contributed by atoms with Gasteiger partial charge in [0.2, 0.25) is 0 Å². The molecule has 1 aliphatic heterocycles. The maximum Gasteiger partial charge on any atom is 0.573 e. The number of benzene rings is 2. The molecule has 0 atom stereocenters. The minimum absolute atomic E-state index is 0.0549. The van der Waals surface area contributed by atoms with Crippen LogP contribution < -0.4 is 4.74 Å². The molecule has 0 aromatic heterocycles. The van der Waals surface area contributed by atoms with Crippen LogP contribution in [0.2, 0.25) is 0 Å². The Morgan fingerprint density at radius 2 is 1.46 bits per heavy atom. The van der Waals surface area contributed by atoms with Crippen LogP contribution in [0.25, 0.3) is 11.1 Å². The van der Waals surface area contributed by atoms with Gasteiger partial charge in [-0.15, -0.1) is 13.2 Å². The van der Waals surface area contributed by atoms with Gasteiger partial charge in [0.25, 0.3) is 0 Å². The lowest BCUT2D eigenvalue weighted by atomic mass is 9.77. The van der Waals surface area contributed by atoms with Gasteiger partial charge in [0.05, 0.1) is 13.2 Å². The molecule has 1 saturated heterocycles. The Hall–Kier alpha value is -2.19. The van der Waals surface area contributed by atoms with Crippen molar-refractivity contribution in [1.29, 1.82) is 0 Å². The molecule has 37 heavy (non-hydrogen) atoms. The molecule has 1 aliphatic carbocycles. The lowest BCUT2D eigenvalue weighted by molar-refractivity contribution is -0.275. The zero-order valence-corrected chi connectivity index (χ0v) is 21.2. The Morgan fingerprint density at radius 3 is 2.05 bits per heavy atom. The summed E-state index contributed by atoms with van der Waals surface area (Å²) < 4.78 is 81.4. The standard InChI is InChI=1S/C29H35F5O3/c1-2-3-4-19-5-7-20(8-6-19)9-10-21-17-35-28(36-18-21)23-11-13-24(25(30)16-23)22-12-14-27(26(31)15-22)37-29(32,33)34/h11-16,19-21,28H,2-10,17-18H2,1H3. The zero-order chi connectivity index (χ0) is 26.4. The summed E-state index contributed by atoms with van der Waals surface area (Å²) in [5.74, 6) is -0.828. The van der Waals surface area contributed by atoms with Gasteiger partial charge >= 0.3 is 6.36 Å². The van der Waals surface area contributed by atoms with E-state index in [1.54, 1.807) is 6.07 Å². The van der Waals surface area contributed by atoms with Crippen LogP contribution in [0.4, 0.5) is 22.0 Å². The average molecular weight is 527 g/mol. The fourth-order valence-electron chi connectivity index (χ4n) is 5.46. The highest BCUT2D eigenvalue weighted by molar-refractivity contribution is 5.65. The average Bonchev–Trinajstić information content (AvgIpc) is 2.87. The highest BCUT2D eigenvalue weighted by atomic mass is 19.4. The second-order valence-electron chi connectivity index (χ2n) is 10.4. The summed E-state index contributed by atoms with van der Waals surface area (Å²) in [5, 5.41) is 0. The molecule has 2 fully saturated rings. The van der Waals surface area contributed by atoms with E-state index in [-0.39, 0.29) is 11.1 Å². The van der Waals surface area contributed by atoms with Crippen LogP contribution in [0.1, 0.15) is 76.6 Å². The van der Waals surface area contributed by atoms with Gasteiger partial charge in [0.1, 0.15) is 5.82 Å². The first kappa shape index (κ1) is 27.8. The van der Waals surface area contributed by atoms with E-state index in [1.165, 1.54) is 69.6 Å². The third-order valence-corrected chi connectivity index (χ3v) is 7.62. The second kappa shape index (κ2) is 12.6. The molecule has 2 aromatic carbocycles. The minimum atomic E-state index is -5.01. The van der Waals surface area contributed by atoms with Gasteiger partial charge < -0.3 is 14.2 Å². The van der Waals surface area contributed by atoms with Crippen molar-refractivity contribution >= 4 is 0 Å². The molecule has 204 valence electrons. The largest absolute Gasteiger partial charge is 0.573 e. The van der Waals surface area contributed by atoms with Crippen molar-refractivity contribution in [2.45, 2.75) is 77.4 Å². The van der Waals surface area contributed by atoms with Crippen molar-refractivity contribution in [2.75, 3.05) is 13.2 Å². The molecule has 0 bridgehead atoms. The van der Waals surface area contributed by atoms with Crippen LogP contribution in [0, 0.1) is 29.4 Å². The smallest absolute Gasteiger partial charge is 0.403 e. The number of hydrogen-bond acceptors (Lipinski definition) is 3. The maximum atomic E-state index is 14.8. The summed E-state index contributed by atoms with van der Waals surface area (Å²) in [4.78, 5) is 0. The van der Waals surface area contributed by atoms with Crippen molar-refractivity contribution in [1.82, 2.24) is 0 Å². The van der Waals surface area contributed by atoms with Crippen LogP contribution in [-0.4, -0.2) is 19.6 Å². The van der Waals surface area contributed by atoms with E-state index in [0.29, 0.717) is 24.7 Å². The van der Waals surface area contributed by atoms with Crippen molar-refractivity contribution in [3.63, 3.8) is 0 Å². The highest BCUT2D eigenvalue weighted by Gasteiger charge is 2.32. The van der Waals surface area contributed by atoms with Crippen molar-refractivity contribution in [2.24, 2.45) is 17.8 Å². The van der Waals surface area contributed by atoms with Crippen LogP contribution in [0.5, 0.6) is 5.75 Å². The first-order valence-corrected chi connectivity index (χ1v) is 13.3. The van der Waals surface area contributed by atoms with E-state index in [9.17, 15) is 22.0 Å². The van der Waals surface area contributed by atoms with Gasteiger partial charge in [-0.3, -0.25) is 0 Å². The first-order chi connectivity index (χ1) is 17.7. The Labute approximate surface area is 215 Å². The summed E-state index contributed by atoms with van der Waals surface area (Å²) in [6, 6.07) is 7.15. The summed E-state index contributed by atoms with van der Waals surface area (Å²) in [5.41, 5.74) is 0.655. The number of alkyl halides is 3. The number of ether oxygens (including phenoxy) is 3. The Morgan fingerprint density at radius 1 is 0.811 bits per heavy atom. The fraction of sp³-hybridized carbons (Fsp3) is 0.586. The molecule has 3 nitrogen and oxygen atoms in total. The van der Waals surface area contributed by atoms with Crippen LogP contribution >= 0.6 is 0 Å². The number of unbranched alkanes of at least 4 members (excludes halogenated alkanes) is 1. The molecule has 0 amide bonds. The van der Waals surface area contributed by atoms with Crippen molar-refractivity contribution in [3.05, 3.63) is 53.6 Å². The van der Waals surface area contributed by atoms with E-state index >= 15 is 0 Å². The number of rotatable bonds is 9. The summed E-state index contributed by atoms with van der Waals surface area (Å²) in [6.07, 6.45) is 5.88. The molecule has 8 heteroatoms. The lowest BCUT2D eigenvalue weighted by Crippen LogP contribution is -2.28. The van der Waals surface area contributed by atoms with Gasteiger partial charge in [-0.2, -0.15) is 0 Å². The van der Waals surface area contributed by atoms with E-state index in [1.807, 2.05) is 0 Å². The molecule has 0 radical (unpaired) electrons. The quantitative estimate of drug-likeness (QED) is 0.305. The first-order valence-electron chi connectivity index (χ1n) is 13.3. The summed E-state index contributed by atoms with van der Waals surface area (Å²) >= 11 is 0. The molecular weight excluding hydrogens is 491 g/mol. The van der Waals surface area contributed by atoms with Gasteiger partial charge in [0, 0.05) is 17.0 Å². The lowest BCUT2D eigenvalue weighted by Gasteiger charge is -2.32. The molecule has 1 heterocycles. The molecule has 2 aliphatic rings. The zero-order valence-electron chi connectivity index (χ0n) is 21.2. The third-order valence-electron chi connectivity index (χ3n) is 7.62. The summed E-state index contributed by atoms with van der Waals surface area (Å²) in [6.45, 7) is 3.35. The SMILES string of the molecule is CCCCC1CCC(CCC2COC(c3ccc(-c4ccc(OC(F)(F)F)c(F)c4)c(F)c3)OC2)CC1. The Bertz CT molecular complexity index is 1010. The topological polar surface area (TPSA) is 27.7 Å². The van der Waals surface area contributed by atoms with Crippen LogP contribution in [-0.2, 0) is 9.47 Å². The van der Waals surface area contributed by atoms with E-state index in [2.05, 4.69) is 11.7 Å². The molecular formula is C29H35F5O3. The fourth-order valence-corrected chi connectivity index (χ4v) is 5.46. The van der Waals surface area contributed by atoms with Crippen LogP contribution in [0.15, 0.2) is 36.4 Å². The van der Waals surface area contributed by atoms with Gasteiger partial charge in [0.15, 0.2) is 17.9 Å². The molecule has 2 aromatic rings. The third kappa shape index (κ3) is 7.90. The Kier molecular flexibility index (Phi) is 9.46. The van der Waals surface area contributed by atoms with E-state index < -0.39 is 30.0 Å². The Balaban J connectivity index is 1.26. The normalized spacial score (nSPS) is 24.7. The van der Waals surface area contributed by atoms with E-state index in [4.69, 9.17) is 9.47 Å². The predicted molar refractivity (Wildman–Crippen MR) is 131 cm³/mol. The second-order valence-corrected chi connectivity index (χ2v) is 10.4. The van der Waals surface area contributed by atoms with E-state index in [0.717, 1.165) is 30.4 Å².